The van der Waals surface area contributed by atoms with Crippen LogP contribution in [0.1, 0.15) is 46.8 Å². The number of rotatable bonds is 5. The highest BCUT2D eigenvalue weighted by atomic mass is 16.7. The number of fused-ring (bicyclic) bond motifs is 3. The molecule has 164 valence electrons. The average molecular weight is 438 g/mol. The molecule has 33 heavy (non-hydrogen) atoms. The third-order valence-electron chi connectivity index (χ3n) is 6.17. The highest BCUT2D eigenvalue weighted by Gasteiger charge is 2.47. The quantitative estimate of drug-likeness (QED) is 0.251. The molecule has 1 aliphatic rings. The van der Waals surface area contributed by atoms with Crippen LogP contribution in [-0.2, 0) is 21.0 Å². The van der Waals surface area contributed by atoms with Crippen molar-refractivity contribution in [2.45, 2.75) is 33.2 Å². The maximum absolute atomic E-state index is 13.2. The molecule has 4 aromatic rings. The third-order valence-corrected chi connectivity index (χ3v) is 6.17. The van der Waals surface area contributed by atoms with E-state index in [1.54, 1.807) is 0 Å². The summed E-state index contributed by atoms with van der Waals surface area (Å²) in [5.74, 6) is -1.22. The van der Waals surface area contributed by atoms with Gasteiger partial charge in [0.1, 0.15) is 5.71 Å². The highest BCUT2D eigenvalue weighted by Crippen LogP contribution is 2.38. The molecule has 1 aromatic heterocycles. The topological polar surface area (TPSA) is 77.7 Å². The molecule has 0 amide bonds. The molecule has 0 aliphatic heterocycles. The first-order valence-electron chi connectivity index (χ1n) is 10.9. The van der Waals surface area contributed by atoms with Gasteiger partial charge in [0, 0.05) is 46.4 Å². The summed E-state index contributed by atoms with van der Waals surface area (Å²) in [6.07, 6.45) is 0. The van der Waals surface area contributed by atoms with Gasteiger partial charge >= 0.3 is 5.97 Å². The lowest BCUT2D eigenvalue weighted by Crippen LogP contribution is -2.03. The van der Waals surface area contributed by atoms with E-state index < -0.39 is 11.9 Å². The van der Waals surface area contributed by atoms with E-state index >= 15 is 0 Å². The van der Waals surface area contributed by atoms with E-state index in [-0.39, 0.29) is 17.3 Å². The Morgan fingerprint density at radius 1 is 1.00 bits per heavy atom. The number of benzene rings is 3. The van der Waals surface area contributed by atoms with Crippen LogP contribution in [0.15, 0.2) is 65.8 Å². The fourth-order valence-corrected chi connectivity index (χ4v) is 4.48. The average Bonchev–Trinajstić information content (AvgIpc) is 3.35. The van der Waals surface area contributed by atoms with E-state index in [2.05, 4.69) is 21.5 Å². The van der Waals surface area contributed by atoms with E-state index in [4.69, 9.17) is 0 Å². The van der Waals surface area contributed by atoms with Gasteiger partial charge in [0.25, 0.3) is 0 Å². The van der Waals surface area contributed by atoms with Gasteiger partial charge in [-0.25, -0.2) is 4.79 Å². The van der Waals surface area contributed by atoms with E-state index in [0.717, 1.165) is 39.5 Å². The van der Waals surface area contributed by atoms with Gasteiger partial charge in [0.15, 0.2) is 11.6 Å². The minimum atomic E-state index is -0.562. The second kappa shape index (κ2) is 7.81. The molecule has 6 heteroatoms. The zero-order valence-electron chi connectivity index (χ0n) is 18.6. The van der Waals surface area contributed by atoms with Crippen molar-refractivity contribution in [1.82, 2.24) is 4.57 Å². The fourth-order valence-electron chi connectivity index (χ4n) is 4.48. The summed E-state index contributed by atoms with van der Waals surface area (Å²) in [4.78, 5) is 41.1. The van der Waals surface area contributed by atoms with Gasteiger partial charge in [0.2, 0.25) is 0 Å². The molecular weight excluding hydrogens is 416 g/mol. The van der Waals surface area contributed by atoms with Crippen molar-refractivity contribution >= 4 is 45.1 Å². The molecule has 1 fully saturated rings. The van der Waals surface area contributed by atoms with Gasteiger partial charge in [-0.3, -0.25) is 9.59 Å². The minimum Gasteiger partial charge on any atom is -0.341 e. The van der Waals surface area contributed by atoms with Gasteiger partial charge in [-0.15, -0.1) is 0 Å². The number of oxime groups is 1. The molecule has 1 saturated carbocycles. The lowest BCUT2D eigenvalue weighted by molar-refractivity contribution is -0.140. The second-order valence-electron chi connectivity index (χ2n) is 8.25. The molecule has 1 heterocycles. The molecular formula is C27H22N2O4. The summed E-state index contributed by atoms with van der Waals surface area (Å²) >= 11 is 0. The van der Waals surface area contributed by atoms with Crippen LogP contribution in [0.2, 0.25) is 0 Å². The predicted octanol–water partition coefficient (Wildman–Crippen LogP) is 4.94. The van der Waals surface area contributed by atoms with Crippen LogP contribution < -0.4 is 0 Å². The van der Waals surface area contributed by atoms with Gasteiger partial charge in [-0.1, -0.05) is 35.5 Å². The first-order valence-corrected chi connectivity index (χ1v) is 10.9. The Hall–Kier alpha value is -4.06. The van der Waals surface area contributed by atoms with E-state index in [9.17, 15) is 14.4 Å². The summed E-state index contributed by atoms with van der Waals surface area (Å²) in [6.45, 7) is 6.02. The SMILES string of the molecule is CCn1c2ccc(C(=O)c3ccccc3C)cc2c2cc(C3C(=O)C3=NOC(C)=O)ccc21. The van der Waals surface area contributed by atoms with Crippen LogP contribution in [0, 0.1) is 6.92 Å². The molecule has 0 N–H and O–H groups in total. The standard InChI is InChI=1S/C27H22N2O4/c1-4-29-22-11-9-17(24-25(27(24)32)28-33-16(3)30)13-20(22)21-14-18(10-12-23(21)29)26(31)19-8-6-5-7-15(19)2/h5-14,24H,4H2,1-3H3. The molecule has 1 atom stereocenters. The minimum absolute atomic E-state index is 0.0169. The van der Waals surface area contributed by atoms with E-state index in [0.29, 0.717) is 11.1 Å². The monoisotopic (exact) mass is 438 g/mol. The van der Waals surface area contributed by atoms with Crippen LogP contribution in [0.5, 0.6) is 0 Å². The molecule has 3 aromatic carbocycles. The van der Waals surface area contributed by atoms with Gasteiger partial charge < -0.3 is 9.40 Å². The molecule has 1 unspecified atom stereocenters. The van der Waals surface area contributed by atoms with E-state index in [1.165, 1.54) is 6.92 Å². The Morgan fingerprint density at radius 3 is 2.39 bits per heavy atom. The Morgan fingerprint density at radius 2 is 1.70 bits per heavy atom. The number of aromatic nitrogens is 1. The predicted molar refractivity (Wildman–Crippen MR) is 127 cm³/mol. The van der Waals surface area contributed by atoms with Crippen molar-refractivity contribution in [2.24, 2.45) is 5.16 Å². The number of nitrogens with zero attached hydrogens (tertiary/aromatic N) is 2. The van der Waals surface area contributed by atoms with Crippen LogP contribution in [-0.4, -0.2) is 27.8 Å². The highest BCUT2D eigenvalue weighted by molar-refractivity contribution is 6.65. The Kier molecular flexibility index (Phi) is 4.93. The molecule has 6 nitrogen and oxygen atoms in total. The van der Waals surface area contributed by atoms with Gasteiger partial charge in [-0.2, -0.15) is 0 Å². The van der Waals surface area contributed by atoms with Crippen molar-refractivity contribution in [3.8, 4) is 0 Å². The van der Waals surface area contributed by atoms with Crippen LogP contribution >= 0.6 is 0 Å². The number of hydrogen-bond donors (Lipinski definition) is 0. The molecule has 0 radical (unpaired) electrons. The normalized spacial score (nSPS) is 16.5. The van der Waals surface area contributed by atoms with Crippen LogP contribution in [0.3, 0.4) is 0 Å². The Bertz CT molecular complexity index is 1510. The smallest absolute Gasteiger partial charge is 0.331 e. The Labute approximate surface area is 190 Å². The van der Waals surface area contributed by atoms with Crippen LogP contribution in [0.25, 0.3) is 21.8 Å². The number of carbonyl (C=O) groups excluding carboxylic acids is 3. The van der Waals surface area contributed by atoms with Crippen molar-refractivity contribution in [3.63, 3.8) is 0 Å². The molecule has 5 rings (SSSR count). The lowest BCUT2D eigenvalue weighted by Gasteiger charge is -2.06. The maximum Gasteiger partial charge on any atom is 0.331 e. The fraction of sp³-hybridized carbons (Fsp3) is 0.185. The van der Waals surface area contributed by atoms with Crippen molar-refractivity contribution in [1.29, 1.82) is 0 Å². The van der Waals surface area contributed by atoms with Gasteiger partial charge in [0.05, 0.1) is 5.92 Å². The summed E-state index contributed by atoms with van der Waals surface area (Å²) in [5, 5.41) is 5.61. The molecule has 0 spiro atoms. The summed E-state index contributed by atoms with van der Waals surface area (Å²) in [5.41, 5.74) is 5.35. The maximum atomic E-state index is 13.2. The first-order chi connectivity index (χ1) is 15.9. The first kappa shape index (κ1) is 20.8. The van der Waals surface area contributed by atoms with Gasteiger partial charge in [-0.05, 0) is 55.3 Å². The number of aryl methyl sites for hydroxylation is 2. The number of Topliss-reactive ketones (excluding diaryl/α,β-unsaturated/α-hetero) is 1. The molecule has 0 bridgehead atoms. The second-order valence-corrected chi connectivity index (χ2v) is 8.25. The van der Waals surface area contributed by atoms with Crippen molar-refractivity contribution in [3.05, 3.63) is 82.9 Å². The van der Waals surface area contributed by atoms with E-state index in [1.807, 2.05) is 67.6 Å². The summed E-state index contributed by atoms with van der Waals surface area (Å²) in [6, 6.07) is 19.2. The van der Waals surface area contributed by atoms with Crippen LogP contribution in [0.4, 0.5) is 0 Å². The summed E-state index contributed by atoms with van der Waals surface area (Å²) < 4.78 is 2.19. The number of hydrogen-bond acceptors (Lipinski definition) is 5. The Balaban J connectivity index is 1.63. The number of carbonyl (C=O) groups is 3. The largest absolute Gasteiger partial charge is 0.341 e. The lowest BCUT2D eigenvalue weighted by atomic mass is 9.97. The summed E-state index contributed by atoms with van der Waals surface area (Å²) in [7, 11) is 0. The zero-order chi connectivity index (χ0) is 23.3. The number of ketones is 2. The third kappa shape index (κ3) is 3.44. The van der Waals surface area contributed by atoms with Crippen molar-refractivity contribution in [2.75, 3.05) is 0 Å². The van der Waals surface area contributed by atoms with Crippen molar-refractivity contribution < 1.29 is 19.2 Å². The zero-order valence-corrected chi connectivity index (χ0v) is 18.6. The molecule has 1 aliphatic carbocycles. The molecule has 0 saturated heterocycles.